The summed E-state index contributed by atoms with van der Waals surface area (Å²) in [5.41, 5.74) is 3.26. The van der Waals surface area contributed by atoms with E-state index in [1.54, 1.807) is 11.3 Å². The molecule has 3 rings (SSSR count). The molecule has 0 saturated heterocycles. The molecule has 2 heterocycles. The number of nitrogens with zero attached hydrogens (tertiary/aromatic N) is 3. The van der Waals surface area contributed by atoms with Crippen LogP contribution in [0, 0.1) is 19.8 Å². The number of aromatic nitrogens is 3. The molecule has 0 aliphatic heterocycles. The summed E-state index contributed by atoms with van der Waals surface area (Å²) in [6.07, 6.45) is 5.03. The predicted molar refractivity (Wildman–Crippen MR) is 92.9 cm³/mol. The highest BCUT2D eigenvalue weighted by Gasteiger charge is 2.22. The van der Waals surface area contributed by atoms with E-state index in [9.17, 15) is 4.79 Å². The number of anilines is 1. The number of carbonyl (C=O) groups is 1. The highest BCUT2D eigenvalue weighted by Crippen LogP contribution is 2.33. The Balaban J connectivity index is 1.56. The molecule has 124 valence electrons. The van der Waals surface area contributed by atoms with Crippen LogP contribution in [0.4, 0.5) is 5.13 Å². The molecule has 1 unspecified atom stereocenters. The maximum atomic E-state index is 12.2. The number of hydrogen-bond acceptors (Lipinski definition) is 4. The molecule has 0 radical (unpaired) electrons. The summed E-state index contributed by atoms with van der Waals surface area (Å²) in [6, 6.07) is 2.02. The Morgan fingerprint density at radius 1 is 1.48 bits per heavy atom. The van der Waals surface area contributed by atoms with E-state index in [2.05, 4.69) is 22.3 Å². The van der Waals surface area contributed by atoms with Crippen molar-refractivity contribution in [2.24, 2.45) is 5.92 Å². The van der Waals surface area contributed by atoms with E-state index in [1.807, 2.05) is 24.6 Å². The molecule has 1 N–H and O–H groups in total. The molecule has 0 saturated carbocycles. The van der Waals surface area contributed by atoms with Gasteiger partial charge in [0.15, 0.2) is 5.13 Å². The molecule has 23 heavy (non-hydrogen) atoms. The van der Waals surface area contributed by atoms with Crippen molar-refractivity contribution >= 4 is 22.4 Å². The lowest BCUT2D eigenvalue weighted by molar-refractivity contribution is -0.116. The van der Waals surface area contributed by atoms with Gasteiger partial charge < -0.3 is 5.32 Å². The number of carbonyl (C=O) groups excluding carboxylic acids is 1. The third-order valence-electron chi connectivity index (χ3n) is 4.52. The van der Waals surface area contributed by atoms with Crippen LogP contribution in [0.15, 0.2) is 6.07 Å². The number of aryl methyl sites for hydroxylation is 4. The molecule has 0 fully saturated rings. The Kier molecular flexibility index (Phi) is 4.80. The van der Waals surface area contributed by atoms with Gasteiger partial charge in [0.25, 0.3) is 0 Å². The molecular weight excluding hydrogens is 308 g/mol. The summed E-state index contributed by atoms with van der Waals surface area (Å²) in [6.45, 7) is 6.83. The standard InChI is InChI=1S/C17H24N4OS/c1-4-13-5-6-14-15(10-13)23-17(18-14)19-16(22)7-8-21-12(3)9-11(2)20-21/h9,13H,4-8,10H2,1-3H3,(H,18,19,22). The second-order valence-electron chi connectivity index (χ2n) is 6.35. The van der Waals surface area contributed by atoms with Crippen LogP contribution in [-0.4, -0.2) is 20.7 Å². The van der Waals surface area contributed by atoms with Gasteiger partial charge in [-0.05, 0) is 45.1 Å². The minimum atomic E-state index is 0.00990. The van der Waals surface area contributed by atoms with Gasteiger partial charge in [-0.3, -0.25) is 9.48 Å². The first kappa shape index (κ1) is 16.2. The van der Waals surface area contributed by atoms with Gasteiger partial charge in [0, 0.05) is 23.5 Å². The van der Waals surface area contributed by atoms with Gasteiger partial charge in [-0.1, -0.05) is 13.3 Å². The Morgan fingerprint density at radius 3 is 3.00 bits per heavy atom. The van der Waals surface area contributed by atoms with Gasteiger partial charge >= 0.3 is 0 Å². The summed E-state index contributed by atoms with van der Waals surface area (Å²) in [5.74, 6) is 0.785. The SMILES string of the molecule is CCC1CCc2nc(NC(=O)CCn3nc(C)cc3C)sc2C1. The monoisotopic (exact) mass is 332 g/mol. The van der Waals surface area contributed by atoms with Crippen molar-refractivity contribution in [2.45, 2.75) is 59.4 Å². The fourth-order valence-electron chi connectivity index (χ4n) is 3.14. The van der Waals surface area contributed by atoms with Crippen molar-refractivity contribution in [3.8, 4) is 0 Å². The average molecular weight is 332 g/mol. The van der Waals surface area contributed by atoms with Gasteiger partial charge in [-0.2, -0.15) is 5.10 Å². The van der Waals surface area contributed by atoms with Crippen molar-refractivity contribution in [2.75, 3.05) is 5.32 Å². The van der Waals surface area contributed by atoms with E-state index in [0.29, 0.717) is 13.0 Å². The Bertz CT molecular complexity index is 704. The summed E-state index contributed by atoms with van der Waals surface area (Å²) < 4.78 is 1.88. The van der Waals surface area contributed by atoms with Crippen molar-refractivity contribution in [1.82, 2.24) is 14.8 Å². The third-order valence-corrected chi connectivity index (χ3v) is 5.55. The third kappa shape index (κ3) is 3.80. The first-order valence-electron chi connectivity index (χ1n) is 8.34. The highest BCUT2D eigenvalue weighted by atomic mass is 32.1. The van der Waals surface area contributed by atoms with E-state index in [4.69, 9.17) is 0 Å². The Hall–Kier alpha value is -1.69. The van der Waals surface area contributed by atoms with Crippen molar-refractivity contribution in [1.29, 1.82) is 0 Å². The Labute approximate surface area is 141 Å². The molecule has 1 aliphatic rings. The summed E-state index contributed by atoms with van der Waals surface area (Å²) in [4.78, 5) is 18.1. The van der Waals surface area contributed by atoms with Crippen molar-refractivity contribution in [3.05, 3.63) is 28.0 Å². The van der Waals surface area contributed by atoms with E-state index in [1.165, 1.54) is 23.4 Å². The zero-order chi connectivity index (χ0) is 16.4. The quantitative estimate of drug-likeness (QED) is 0.911. The average Bonchev–Trinajstić information content (AvgIpc) is 3.06. The largest absolute Gasteiger partial charge is 0.302 e. The summed E-state index contributed by atoms with van der Waals surface area (Å²) in [5, 5.41) is 8.09. The van der Waals surface area contributed by atoms with E-state index in [-0.39, 0.29) is 5.91 Å². The van der Waals surface area contributed by atoms with Gasteiger partial charge in [-0.15, -0.1) is 11.3 Å². The van der Waals surface area contributed by atoms with Crippen LogP contribution in [0.1, 0.15) is 48.1 Å². The zero-order valence-corrected chi connectivity index (χ0v) is 14.9. The highest BCUT2D eigenvalue weighted by molar-refractivity contribution is 7.15. The number of hydrogen-bond donors (Lipinski definition) is 1. The molecule has 1 atom stereocenters. The van der Waals surface area contributed by atoms with Crippen LogP contribution in [0.3, 0.4) is 0 Å². The number of rotatable bonds is 5. The molecule has 1 aliphatic carbocycles. The first-order chi connectivity index (χ1) is 11.0. The van der Waals surface area contributed by atoms with Crippen molar-refractivity contribution in [3.63, 3.8) is 0 Å². The lowest BCUT2D eigenvalue weighted by Crippen LogP contribution is -2.15. The molecule has 0 aromatic carbocycles. The molecule has 2 aromatic rings. The maximum Gasteiger partial charge on any atom is 0.228 e. The molecule has 6 heteroatoms. The lowest BCUT2D eigenvalue weighted by Gasteiger charge is -2.18. The van der Waals surface area contributed by atoms with Crippen LogP contribution >= 0.6 is 11.3 Å². The second-order valence-corrected chi connectivity index (χ2v) is 7.44. The smallest absolute Gasteiger partial charge is 0.228 e. The fraction of sp³-hybridized carbons (Fsp3) is 0.588. The Morgan fingerprint density at radius 2 is 2.30 bits per heavy atom. The zero-order valence-electron chi connectivity index (χ0n) is 14.1. The molecule has 0 bridgehead atoms. The predicted octanol–water partition coefficient (Wildman–Crippen LogP) is 3.50. The van der Waals surface area contributed by atoms with E-state index in [0.717, 1.165) is 35.3 Å². The van der Waals surface area contributed by atoms with Gasteiger partial charge in [0.1, 0.15) is 0 Å². The molecule has 1 amide bonds. The maximum absolute atomic E-state index is 12.2. The molecule has 0 spiro atoms. The summed E-state index contributed by atoms with van der Waals surface area (Å²) >= 11 is 1.65. The lowest BCUT2D eigenvalue weighted by atomic mass is 9.89. The number of thiazole rings is 1. The fourth-order valence-corrected chi connectivity index (χ4v) is 4.27. The topological polar surface area (TPSA) is 59.8 Å². The van der Waals surface area contributed by atoms with Crippen LogP contribution in [0.2, 0.25) is 0 Å². The van der Waals surface area contributed by atoms with Gasteiger partial charge in [0.05, 0.1) is 11.4 Å². The van der Waals surface area contributed by atoms with E-state index >= 15 is 0 Å². The minimum absolute atomic E-state index is 0.00990. The van der Waals surface area contributed by atoms with E-state index < -0.39 is 0 Å². The van der Waals surface area contributed by atoms with Crippen molar-refractivity contribution < 1.29 is 4.79 Å². The van der Waals surface area contributed by atoms with Crippen LogP contribution < -0.4 is 5.32 Å². The summed E-state index contributed by atoms with van der Waals surface area (Å²) in [7, 11) is 0. The van der Waals surface area contributed by atoms with Gasteiger partial charge in [0.2, 0.25) is 5.91 Å². The first-order valence-corrected chi connectivity index (χ1v) is 9.16. The van der Waals surface area contributed by atoms with Crippen LogP contribution in [-0.2, 0) is 24.2 Å². The second kappa shape index (κ2) is 6.83. The normalized spacial score (nSPS) is 17.1. The van der Waals surface area contributed by atoms with Gasteiger partial charge in [-0.25, -0.2) is 4.98 Å². The van der Waals surface area contributed by atoms with Crippen LogP contribution in [0.25, 0.3) is 0 Å². The molecular formula is C17H24N4OS. The minimum Gasteiger partial charge on any atom is -0.302 e. The van der Waals surface area contributed by atoms with Crippen LogP contribution in [0.5, 0.6) is 0 Å². The number of fused-ring (bicyclic) bond motifs is 1. The number of amides is 1. The molecule has 5 nitrogen and oxygen atoms in total. The molecule has 2 aromatic heterocycles. The number of nitrogens with one attached hydrogen (secondary N) is 1.